The molecule has 0 spiro atoms. The summed E-state index contributed by atoms with van der Waals surface area (Å²) in [7, 11) is 0. The molecule has 0 radical (unpaired) electrons. The van der Waals surface area contributed by atoms with Crippen LogP contribution in [0.25, 0.3) is 12.2 Å². The van der Waals surface area contributed by atoms with Crippen molar-refractivity contribution in [2.75, 3.05) is 18.5 Å². The second kappa shape index (κ2) is 7.70. The normalized spacial score (nSPS) is 15.7. The summed E-state index contributed by atoms with van der Waals surface area (Å²) in [5.74, 6) is 0.135. The van der Waals surface area contributed by atoms with Crippen molar-refractivity contribution in [2.24, 2.45) is 5.92 Å². The quantitative estimate of drug-likeness (QED) is 0.938. The molecule has 0 atom stereocenters. The first-order valence-corrected chi connectivity index (χ1v) is 7.89. The summed E-state index contributed by atoms with van der Waals surface area (Å²) in [4.78, 5) is 16.5. The van der Waals surface area contributed by atoms with Crippen LogP contribution < -0.4 is 5.32 Å². The maximum atomic E-state index is 12.3. The number of hydrogen-bond acceptors (Lipinski definition) is 3. The van der Waals surface area contributed by atoms with E-state index in [2.05, 4.69) is 10.3 Å². The number of anilines is 1. The van der Waals surface area contributed by atoms with Gasteiger partial charge in [-0.2, -0.15) is 0 Å². The fourth-order valence-electron chi connectivity index (χ4n) is 2.58. The van der Waals surface area contributed by atoms with Gasteiger partial charge < -0.3 is 10.1 Å². The van der Waals surface area contributed by atoms with Crippen molar-refractivity contribution in [2.45, 2.75) is 12.8 Å². The maximum Gasteiger partial charge on any atom is 0.227 e. The molecular weight excluding hydrogens is 288 g/mol. The molecule has 118 valence electrons. The Morgan fingerprint density at radius 1 is 1.13 bits per heavy atom. The van der Waals surface area contributed by atoms with Gasteiger partial charge >= 0.3 is 0 Å². The average molecular weight is 308 g/mol. The Bertz CT molecular complexity index is 677. The van der Waals surface area contributed by atoms with Gasteiger partial charge in [0.15, 0.2) is 0 Å². The molecule has 1 aliphatic rings. The number of aromatic nitrogens is 1. The summed E-state index contributed by atoms with van der Waals surface area (Å²) in [5.41, 5.74) is 2.76. The van der Waals surface area contributed by atoms with Crippen molar-refractivity contribution in [3.8, 4) is 0 Å². The van der Waals surface area contributed by atoms with Crippen LogP contribution in [0.15, 0.2) is 48.7 Å². The van der Waals surface area contributed by atoms with Crippen molar-refractivity contribution in [3.63, 3.8) is 0 Å². The third kappa shape index (κ3) is 4.50. The molecule has 1 saturated heterocycles. The van der Waals surface area contributed by atoms with Crippen LogP contribution in [0.2, 0.25) is 0 Å². The number of amides is 1. The van der Waals surface area contributed by atoms with Gasteiger partial charge in [0.1, 0.15) is 0 Å². The standard InChI is InChI=1S/C19H20N2O2/c22-19(16-9-12-23-13-10-16)21-18-6-3-4-15(14-18)7-8-17-5-1-2-11-20-17/h1-8,11,14,16H,9-10,12-13H2,(H,21,22)/b8-7+. The molecule has 1 fully saturated rings. The number of pyridine rings is 1. The summed E-state index contributed by atoms with van der Waals surface area (Å²) >= 11 is 0. The van der Waals surface area contributed by atoms with E-state index in [1.807, 2.05) is 54.6 Å². The summed E-state index contributed by atoms with van der Waals surface area (Å²) in [6.07, 6.45) is 7.31. The molecule has 4 nitrogen and oxygen atoms in total. The lowest BCUT2D eigenvalue weighted by atomic mass is 9.99. The topological polar surface area (TPSA) is 51.2 Å². The minimum Gasteiger partial charge on any atom is -0.381 e. The smallest absolute Gasteiger partial charge is 0.227 e. The van der Waals surface area contributed by atoms with Crippen LogP contribution in [0.3, 0.4) is 0 Å². The molecule has 0 saturated carbocycles. The second-order valence-electron chi connectivity index (χ2n) is 5.59. The maximum absolute atomic E-state index is 12.3. The van der Waals surface area contributed by atoms with Crippen molar-refractivity contribution < 1.29 is 9.53 Å². The highest BCUT2D eigenvalue weighted by Crippen LogP contribution is 2.19. The Hall–Kier alpha value is -2.46. The zero-order valence-electron chi connectivity index (χ0n) is 12.9. The molecule has 4 heteroatoms. The summed E-state index contributed by atoms with van der Waals surface area (Å²) in [6, 6.07) is 13.6. The van der Waals surface area contributed by atoms with Crippen LogP contribution in [0.4, 0.5) is 5.69 Å². The predicted octanol–water partition coefficient (Wildman–Crippen LogP) is 3.62. The number of ether oxygens (including phenoxy) is 1. The van der Waals surface area contributed by atoms with Crippen LogP contribution in [0, 0.1) is 5.92 Å². The van der Waals surface area contributed by atoms with Gasteiger partial charge in [-0.3, -0.25) is 9.78 Å². The molecule has 1 aliphatic heterocycles. The molecule has 23 heavy (non-hydrogen) atoms. The van der Waals surface area contributed by atoms with E-state index in [1.54, 1.807) is 6.20 Å². The number of rotatable bonds is 4. The van der Waals surface area contributed by atoms with Crippen LogP contribution in [-0.4, -0.2) is 24.1 Å². The SMILES string of the molecule is O=C(Nc1cccc(/C=C/c2ccccn2)c1)C1CCOCC1. The lowest BCUT2D eigenvalue weighted by Crippen LogP contribution is -2.28. The van der Waals surface area contributed by atoms with Crippen molar-refractivity contribution in [1.29, 1.82) is 0 Å². The van der Waals surface area contributed by atoms with Gasteiger partial charge in [-0.1, -0.05) is 24.3 Å². The molecular formula is C19H20N2O2. The average Bonchev–Trinajstić information content (AvgIpc) is 2.62. The van der Waals surface area contributed by atoms with Gasteiger partial charge in [0, 0.05) is 31.0 Å². The largest absolute Gasteiger partial charge is 0.381 e. The zero-order valence-corrected chi connectivity index (χ0v) is 12.9. The van der Waals surface area contributed by atoms with Gasteiger partial charge in [-0.25, -0.2) is 0 Å². The number of carbonyl (C=O) groups excluding carboxylic acids is 1. The molecule has 1 amide bonds. The second-order valence-corrected chi connectivity index (χ2v) is 5.59. The third-order valence-corrected chi connectivity index (χ3v) is 3.88. The number of hydrogen-bond donors (Lipinski definition) is 1. The lowest BCUT2D eigenvalue weighted by molar-refractivity contribution is -0.122. The molecule has 1 aromatic carbocycles. The molecule has 0 aliphatic carbocycles. The van der Waals surface area contributed by atoms with Gasteiger partial charge in [0.05, 0.1) is 5.69 Å². The minimum atomic E-state index is 0.0523. The summed E-state index contributed by atoms with van der Waals surface area (Å²) in [6.45, 7) is 1.34. The highest BCUT2D eigenvalue weighted by atomic mass is 16.5. The Morgan fingerprint density at radius 3 is 2.78 bits per heavy atom. The zero-order chi connectivity index (χ0) is 15.9. The highest BCUT2D eigenvalue weighted by Gasteiger charge is 2.21. The fourth-order valence-corrected chi connectivity index (χ4v) is 2.58. The highest BCUT2D eigenvalue weighted by molar-refractivity contribution is 5.93. The molecule has 3 rings (SSSR count). The molecule has 2 heterocycles. The Kier molecular flexibility index (Phi) is 5.17. The van der Waals surface area contributed by atoms with Crippen molar-refractivity contribution in [3.05, 3.63) is 59.9 Å². The van der Waals surface area contributed by atoms with Crippen LogP contribution in [0.5, 0.6) is 0 Å². The van der Waals surface area contributed by atoms with E-state index >= 15 is 0 Å². The Morgan fingerprint density at radius 2 is 2.00 bits per heavy atom. The fraction of sp³-hybridized carbons (Fsp3) is 0.263. The van der Waals surface area contributed by atoms with Crippen LogP contribution >= 0.6 is 0 Å². The number of nitrogens with zero attached hydrogens (tertiary/aromatic N) is 1. The monoisotopic (exact) mass is 308 g/mol. The molecule has 2 aromatic rings. The summed E-state index contributed by atoms with van der Waals surface area (Å²) in [5, 5.41) is 3.01. The van der Waals surface area contributed by atoms with Crippen molar-refractivity contribution >= 4 is 23.7 Å². The predicted molar refractivity (Wildman–Crippen MR) is 91.8 cm³/mol. The number of benzene rings is 1. The molecule has 1 N–H and O–H groups in total. The number of carbonyl (C=O) groups is 1. The first-order valence-electron chi connectivity index (χ1n) is 7.89. The van der Waals surface area contributed by atoms with E-state index in [1.165, 1.54) is 0 Å². The van der Waals surface area contributed by atoms with E-state index < -0.39 is 0 Å². The molecule has 1 aromatic heterocycles. The van der Waals surface area contributed by atoms with E-state index in [9.17, 15) is 4.79 Å². The number of nitrogens with one attached hydrogen (secondary N) is 1. The minimum absolute atomic E-state index is 0.0523. The summed E-state index contributed by atoms with van der Waals surface area (Å²) < 4.78 is 5.30. The van der Waals surface area contributed by atoms with Gasteiger partial charge in [-0.15, -0.1) is 0 Å². The van der Waals surface area contributed by atoms with Crippen LogP contribution in [-0.2, 0) is 9.53 Å². The third-order valence-electron chi connectivity index (χ3n) is 3.88. The Balaban J connectivity index is 1.65. The first kappa shape index (κ1) is 15.4. The van der Waals surface area contributed by atoms with E-state index in [4.69, 9.17) is 4.74 Å². The van der Waals surface area contributed by atoms with E-state index in [0.717, 1.165) is 29.8 Å². The van der Waals surface area contributed by atoms with Crippen molar-refractivity contribution in [1.82, 2.24) is 4.98 Å². The first-order chi connectivity index (χ1) is 11.3. The van der Waals surface area contributed by atoms with Gasteiger partial charge in [-0.05, 0) is 48.7 Å². The van der Waals surface area contributed by atoms with Gasteiger partial charge in [0.25, 0.3) is 0 Å². The molecule has 0 bridgehead atoms. The van der Waals surface area contributed by atoms with E-state index in [-0.39, 0.29) is 11.8 Å². The lowest BCUT2D eigenvalue weighted by Gasteiger charge is -2.21. The van der Waals surface area contributed by atoms with E-state index in [0.29, 0.717) is 13.2 Å². The van der Waals surface area contributed by atoms with Gasteiger partial charge in [0.2, 0.25) is 5.91 Å². The molecule has 0 unspecified atom stereocenters. The Labute approximate surface area is 136 Å². The van der Waals surface area contributed by atoms with Crippen LogP contribution in [0.1, 0.15) is 24.1 Å².